The van der Waals surface area contributed by atoms with E-state index in [1.807, 2.05) is 0 Å². The zero-order valence-corrected chi connectivity index (χ0v) is 8.57. The number of carbonyl (C=O) groups is 1. The predicted molar refractivity (Wildman–Crippen MR) is 48.1 cm³/mol. The second-order valence-electron chi connectivity index (χ2n) is 3.56. The number of carboxylic acids is 1. The first-order valence-corrected chi connectivity index (χ1v) is 4.81. The Labute approximate surface area is 75.7 Å². The zero-order chi connectivity index (χ0) is 9.94. The molecule has 0 aliphatic heterocycles. The summed E-state index contributed by atoms with van der Waals surface area (Å²) in [6.07, 6.45) is 0. The topological polar surface area (TPSA) is 72.4 Å². The quantitative estimate of drug-likeness (QED) is 0.641. The van der Waals surface area contributed by atoms with Gasteiger partial charge in [0.2, 0.25) is 0 Å². The van der Waals surface area contributed by atoms with Crippen LogP contribution in [0.3, 0.4) is 0 Å². The summed E-state index contributed by atoms with van der Waals surface area (Å²) < 4.78 is 13.4. The Morgan fingerprint density at radius 3 is 2.25 bits per heavy atom. The molecule has 0 aromatic rings. The third-order valence-electron chi connectivity index (χ3n) is 1.21. The van der Waals surface area contributed by atoms with E-state index in [1.165, 1.54) is 6.92 Å². The molecule has 0 heterocycles. The summed E-state index contributed by atoms with van der Waals surface area (Å²) in [6, 6.07) is -0.773. The second-order valence-corrected chi connectivity index (χ2v) is 5.56. The lowest BCUT2D eigenvalue weighted by molar-refractivity contribution is -0.138. The lowest BCUT2D eigenvalue weighted by Crippen LogP contribution is -2.46. The standard InChI is InChI=1S/C7H15NO3S/c1-5(6(9)10)8-12(11)7(2,3)4/h5,8H,1-4H3,(H,9,10)/t5-,12-/m1/s1. The molecule has 0 rings (SSSR count). The predicted octanol–water partition coefficient (Wildman–Crippen LogP) is 0.511. The molecule has 0 unspecified atom stereocenters. The normalized spacial score (nSPS) is 17.1. The minimum Gasteiger partial charge on any atom is -0.598 e. The van der Waals surface area contributed by atoms with Crippen LogP contribution < -0.4 is 4.72 Å². The summed E-state index contributed by atoms with van der Waals surface area (Å²) in [5.74, 6) is -0.993. The Balaban J connectivity index is 4.01. The molecule has 5 heteroatoms. The summed E-state index contributed by atoms with van der Waals surface area (Å²) in [5, 5.41) is 8.50. The molecule has 4 nitrogen and oxygen atoms in total. The molecule has 0 aliphatic carbocycles. The SMILES string of the molecule is C[C@@H](N[S@+]([O-])C(C)(C)C)C(=O)O. The van der Waals surface area contributed by atoms with Crippen molar-refractivity contribution < 1.29 is 14.5 Å². The van der Waals surface area contributed by atoms with Crippen LogP contribution in [0.25, 0.3) is 0 Å². The van der Waals surface area contributed by atoms with Crippen LogP contribution in [0.1, 0.15) is 27.7 Å². The van der Waals surface area contributed by atoms with Crippen LogP contribution in [-0.2, 0) is 16.2 Å². The molecule has 0 radical (unpaired) electrons. The van der Waals surface area contributed by atoms with Gasteiger partial charge < -0.3 is 9.66 Å². The van der Waals surface area contributed by atoms with Crippen molar-refractivity contribution >= 4 is 17.3 Å². The summed E-state index contributed by atoms with van der Waals surface area (Å²) in [6.45, 7) is 6.81. The fourth-order valence-electron chi connectivity index (χ4n) is 0.388. The maximum Gasteiger partial charge on any atom is 0.324 e. The fraction of sp³-hybridized carbons (Fsp3) is 0.857. The first-order valence-electron chi connectivity index (χ1n) is 3.66. The summed E-state index contributed by atoms with van der Waals surface area (Å²) in [5.41, 5.74) is 0. The monoisotopic (exact) mass is 193 g/mol. The fourth-order valence-corrected chi connectivity index (χ4v) is 1.16. The molecule has 0 bridgehead atoms. The molecule has 2 atom stereocenters. The van der Waals surface area contributed by atoms with Gasteiger partial charge in [0.15, 0.2) is 0 Å². The van der Waals surface area contributed by atoms with E-state index in [4.69, 9.17) is 5.11 Å². The highest BCUT2D eigenvalue weighted by Crippen LogP contribution is 2.13. The highest BCUT2D eigenvalue weighted by atomic mass is 32.2. The van der Waals surface area contributed by atoms with Crippen LogP contribution in [0, 0.1) is 0 Å². The number of aliphatic carboxylic acids is 1. The van der Waals surface area contributed by atoms with Crippen LogP contribution in [0.2, 0.25) is 0 Å². The average molecular weight is 193 g/mol. The highest BCUT2D eigenvalue weighted by Gasteiger charge is 2.29. The maximum atomic E-state index is 11.3. The van der Waals surface area contributed by atoms with Crippen molar-refractivity contribution in [2.24, 2.45) is 0 Å². The number of hydrogen-bond acceptors (Lipinski definition) is 3. The summed E-state index contributed by atoms with van der Waals surface area (Å²) >= 11 is -1.32. The zero-order valence-electron chi connectivity index (χ0n) is 7.75. The second kappa shape index (κ2) is 4.11. The minimum absolute atomic E-state index is 0.427. The Morgan fingerprint density at radius 2 is 2.00 bits per heavy atom. The van der Waals surface area contributed by atoms with E-state index >= 15 is 0 Å². The van der Waals surface area contributed by atoms with Gasteiger partial charge in [0.05, 0.1) is 0 Å². The molecule has 0 saturated heterocycles. The van der Waals surface area contributed by atoms with E-state index in [0.717, 1.165) is 0 Å². The molecule has 0 saturated carbocycles. The molecule has 0 spiro atoms. The number of nitrogens with one attached hydrogen (secondary N) is 1. The van der Waals surface area contributed by atoms with Gasteiger partial charge in [-0.2, -0.15) is 0 Å². The van der Waals surface area contributed by atoms with Crippen LogP contribution in [0.15, 0.2) is 0 Å². The third kappa shape index (κ3) is 3.94. The number of carboxylic acid groups (broad SMARTS) is 1. The first kappa shape index (κ1) is 11.7. The Bertz CT molecular complexity index is 167. The van der Waals surface area contributed by atoms with Gasteiger partial charge in [-0.05, 0) is 27.7 Å². The van der Waals surface area contributed by atoms with E-state index in [0.29, 0.717) is 0 Å². The minimum atomic E-state index is -1.32. The smallest absolute Gasteiger partial charge is 0.324 e. The van der Waals surface area contributed by atoms with E-state index < -0.39 is 28.1 Å². The molecular weight excluding hydrogens is 178 g/mol. The van der Waals surface area contributed by atoms with Crippen LogP contribution in [-0.4, -0.2) is 26.4 Å². The van der Waals surface area contributed by atoms with Crippen molar-refractivity contribution in [2.45, 2.75) is 38.5 Å². The summed E-state index contributed by atoms with van der Waals surface area (Å²) in [7, 11) is 0. The van der Waals surface area contributed by atoms with Crippen molar-refractivity contribution in [3.05, 3.63) is 0 Å². The van der Waals surface area contributed by atoms with Crippen LogP contribution in [0.4, 0.5) is 0 Å². The van der Waals surface area contributed by atoms with Gasteiger partial charge in [0.1, 0.15) is 10.8 Å². The molecule has 0 aliphatic rings. The Hall–Kier alpha value is -0.260. The molecule has 72 valence electrons. The molecular formula is C7H15NO3S. The average Bonchev–Trinajstić information content (AvgIpc) is 1.85. The van der Waals surface area contributed by atoms with Crippen molar-refractivity contribution in [3.8, 4) is 0 Å². The molecule has 2 N–H and O–H groups in total. The van der Waals surface area contributed by atoms with Gasteiger partial charge in [0.25, 0.3) is 0 Å². The van der Waals surface area contributed by atoms with Crippen molar-refractivity contribution in [3.63, 3.8) is 0 Å². The molecule has 0 aromatic heterocycles. The maximum absolute atomic E-state index is 11.3. The van der Waals surface area contributed by atoms with Gasteiger partial charge in [0, 0.05) is 11.4 Å². The number of hydrogen-bond donors (Lipinski definition) is 2. The van der Waals surface area contributed by atoms with Crippen LogP contribution in [0.5, 0.6) is 0 Å². The molecule has 12 heavy (non-hydrogen) atoms. The van der Waals surface area contributed by atoms with Crippen molar-refractivity contribution in [1.29, 1.82) is 0 Å². The Morgan fingerprint density at radius 1 is 1.58 bits per heavy atom. The lowest BCUT2D eigenvalue weighted by atomic mass is 10.3. The van der Waals surface area contributed by atoms with Gasteiger partial charge in [-0.15, -0.1) is 4.72 Å². The molecule has 0 amide bonds. The van der Waals surface area contributed by atoms with Crippen LogP contribution >= 0.6 is 0 Å². The van der Waals surface area contributed by atoms with Gasteiger partial charge in [-0.1, -0.05) is 0 Å². The van der Waals surface area contributed by atoms with Gasteiger partial charge >= 0.3 is 5.97 Å². The first-order chi connectivity index (χ1) is 5.25. The van der Waals surface area contributed by atoms with E-state index in [-0.39, 0.29) is 0 Å². The third-order valence-corrected chi connectivity index (χ3v) is 2.89. The van der Waals surface area contributed by atoms with E-state index in [9.17, 15) is 9.35 Å². The lowest BCUT2D eigenvalue weighted by Gasteiger charge is -2.24. The Kier molecular flexibility index (Phi) is 4.02. The van der Waals surface area contributed by atoms with Crippen molar-refractivity contribution in [1.82, 2.24) is 4.72 Å². The van der Waals surface area contributed by atoms with Crippen molar-refractivity contribution in [2.75, 3.05) is 0 Å². The highest BCUT2D eigenvalue weighted by molar-refractivity contribution is 7.90. The van der Waals surface area contributed by atoms with Gasteiger partial charge in [-0.3, -0.25) is 4.79 Å². The van der Waals surface area contributed by atoms with E-state index in [2.05, 4.69) is 4.72 Å². The van der Waals surface area contributed by atoms with Gasteiger partial charge in [-0.25, -0.2) is 0 Å². The summed E-state index contributed by atoms with van der Waals surface area (Å²) in [4.78, 5) is 10.4. The largest absolute Gasteiger partial charge is 0.598 e. The van der Waals surface area contributed by atoms with E-state index in [1.54, 1.807) is 20.8 Å². The molecule has 0 fully saturated rings. The molecule has 0 aromatic carbocycles. The number of rotatable bonds is 3.